The minimum absolute atomic E-state index is 0.0138. The van der Waals surface area contributed by atoms with Gasteiger partial charge in [0.1, 0.15) is 6.61 Å². The van der Waals surface area contributed by atoms with E-state index in [-0.39, 0.29) is 19.1 Å². The SMILES string of the molecule is O=C(NC(CO)CCOCc1ccccc1)OCC1c2ccccc2-c2ccccc21. The molecule has 3 aromatic carbocycles. The van der Waals surface area contributed by atoms with Crippen LogP contribution in [0.25, 0.3) is 11.1 Å². The first kappa shape index (κ1) is 21.1. The van der Waals surface area contributed by atoms with Crippen molar-refractivity contribution in [3.05, 3.63) is 95.6 Å². The Hall–Kier alpha value is -3.15. The molecule has 1 aliphatic carbocycles. The van der Waals surface area contributed by atoms with E-state index in [9.17, 15) is 9.90 Å². The summed E-state index contributed by atoms with van der Waals surface area (Å²) >= 11 is 0. The number of carbonyl (C=O) groups is 1. The van der Waals surface area contributed by atoms with E-state index in [4.69, 9.17) is 9.47 Å². The molecule has 2 N–H and O–H groups in total. The highest BCUT2D eigenvalue weighted by molar-refractivity contribution is 5.79. The predicted molar refractivity (Wildman–Crippen MR) is 120 cm³/mol. The van der Waals surface area contributed by atoms with Crippen molar-refractivity contribution in [2.24, 2.45) is 0 Å². The molecule has 1 amide bonds. The number of amides is 1. The molecule has 0 fully saturated rings. The highest BCUT2D eigenvalue weighted by atomic mass is 16.5. The van der Waals surface area contributed by atoms with Crippen molar-refractivity contribution in [3.8, 4) is 11.1 Å². The van der Waals surface area contributed by atoms with Gasteiger partial charge in [-0.2, -0.15) is 0 Å². The van der Waals surface area contributed by atoms with E-state index in [1.165, 1.54) is 22.3 Å². The third-order valence-corrected chi connectivity index (χ3v) is 5.61. The van der Waals surface area contributed by atoms with Gasteiger partial charge in [-0.1, -0.05) is 78.9 Å². The summed E-state index contributed by atoms with van der Waals surface area (Å²) in [4.78, 5) is 12.4. The molecule has 3 aromatic rings. The van der Waals surface area contributed by atoms with Crippen molar-refractivity contribution < 1.29 is 19.4 Å². The van der Waals surface area contributed by atoms with Gasteiger partial charge < -0.3 is 19.9 Å². The monoisotopic (exact) mass is 417 g/mol. The fourth-order valence-electron chi connectivity index (χ4n) is 4.01. The topological polar surface area (TPSA) is 67.8 Å². The molecule has 1 atom stereocenters. The molecule has 0 bridgehead atoms. The van der Waals surface area contributed by atoms with E-state index in [1.807, 2.05) is 54.6 Å². The minimum Gasteiger partial charge on any atom is -0.449 e. The molecule has 0 aromatic heterocycles. The fourth-order valence-corrected chi connectivity index (χ4v) is 4.01. The number of hydrogen-bond donors (Lipinski definition) is 2. The van der Waals surface area contributed by atoms with Gasteiger partial charge in [0.05, 0.1) is 19.3 Å². The zero-order valence-corrected chi connectivity index (χ0v) is 17.4. The summed E-state index contributed by atoms with van der Waals surface area (Å²) in [5.41, 5.74) is 5.81. The Morgan fingerprint density at radius 3 is 2.16 bits per heavy atom. The number of rotatable bonds is 9. The number of aliphatic hydroxyl groups excluding tert-OH is 1. The first-order chi connectivity index (χ1) is 15.3. The highest BCUT2D eigenvalue weighted by Gasteiger charge is 2.29. The lowest BCUT2D eigenvalue weighted by Crippen LogP contribution is -2.39. The average Bonchev–Trinajstić information content (AvgIpc) is 3.14. The van der Waals surface area contributed by atoms with Crippen molar-refractivity contribution in [2.45, 2.75) is 25.0 Å². The van der Waals surface area contributed by atoms with Crippen LogP contribution in [0.2, 0.25) is 0 Å². The summed E-state index contributed by atoms with van der Waals surface area (Å²) in [6, 6.07) is 25.9. The quantitative estimate of drug-likeness (QED) is 0.503. The van der Waals surface area contributed by atoms with E-state index < -0.39 is 12.1 Å². The van der Waals surface area contributed by atoms with Crippen molar-refractivity contribution in [1.82, 2.24) is 5.32 Å². The minimum atomic E-state index is -0.524. The number of benzene rings is 3. The van der Waals surface area contributed by atoms with Gasteiger partial charge >= 0.3 is 6.09 Å². The molecule has 0 saturated carbocycles. The Bertz CT molecular complexity index is 960. The van der Waals surface area contributed by atoms with Crippen LogP contribution in [-0.4, -0.2) is 37.1 Å². The molecule has 5 heteroatoms. The summed E-state index contributed by atoms with van der Waals surface area (Å²) in [5.74, 6) is 0.0138. The maximum absolute atomic E-state index is 12.4. The van der Waals surface area contributed by atoms with Gasteiger partial charge in [-0.05, 0) is 34.2 Å². The Labute approximate surface area is 182 Å². The average molecular weight is 418 g/mol. The van der Waals surface area contributed by atoms with Crippen molar-refractivity contribution >= 4 is 6.09 Å². The smallest absolute Gasteiger partial charge is 0.407 e. The lowest BCUT2D eigenvalue weighted by Gasteiger charge is -2.18. The third kappa shape index (κ3) is 5.13. The number of carbonyl (C=O) groups excluding carboxylic acids is 1. The molecule has 160 valence electrons. The van der Waals surface area contributed by atoms with E-state index in [2.05, 4.69) is 29.6 Å². The van der Waals surface area contributed by atoms with Crippen LogP contribution in [0.1, 0.15) is 29.0 Å². The highest BCUT2D eigenvalue weighted by Crippen LogP contribution is 2.44. The molecule has 1 aliphatic rings. The van der Waals surface area contributed by atoms with E-state index in [1.54, 1.807) is 0 Å². The molecule has 0 radical (unpaired) electrons. The van der Waals surface area contributed by atoms with Gasteiger partial charge in [-0.3, -0.25) is 0 Å². The molecule has 0 heterocycles. The number of hydrogen-bond acceptors (Lipinski definition) is 4. The van der Waals surface area contributed by atoms with Crippen LogP contribution in [0.5, 0.6) is 0 Å². The van der Waals surface area contributed by atoms with Gasteiger partial charge in [0.2, 0.25) is 0 Å². The summed E-state index contributed by atoms with van der Waals surface area (Å²) in [5, 5.41) is 12.4. The van der Waals surface area contributed by atoms with Gasteiger partial charge in [-0.15, -0.1) is 0 Å². The van der Waals surface area contributed by atoms with Gasteiger partial charge in [0.15, 0.2) is 0 Å². The zero-order valence-electron chi connectivity index (χ0n) is 17.4. The molecule has 0 spiro atoms. The van der Waals surface area contributed by atoms with Crippen LogP contribution < -0.4 is 5.32 Å². The first-order valence-corrected chi connectivity index (χ1v) is 10.6. The number of ether oxygens (including phenoxy) is 2. The molecule has 31 heavy (non-hydrogen) atoms. The van der Waals surface area contributed by atoms with Crippen molar-refractivity contribution in [3.63, 3.8) is 0 Å². The van der Waals surface area contributed by atoms with Gasteiger partial charge in [0, 0.05) is 12.5 Å². The van der Waals surface area contributed by atoms with Crippen LogP contribution in [0.3, 0.4) is 0 Å². The molecule has 0 saturated heterocycles. The van der Waals surface area contributed by atoms with E-state index in [0.29, 0.717) is 19.6 Å². The Kier molecular flexibility index (Phi) is 6.97. The second-order valence-electron chi connectivity index (χ2n) is 7.68. The summed E-state index contributed by atoms with van der Waals surface area (Å²) in [6.45, 7) is 1.02. The lowest BCUT2D eigenvalue weighted by atomic mass is 9.98. The van der Waals surface area contributed by atoms with Gasteiger partial charge in [-0.25, -0.2) is 4.79 Å². The number of aliphatic hydroxyl groups is 1. The number of alkyl carbamates (subject to hydrolysis) is 1. The molecule has 5 nitrogen and oxygen atoms in total. The van der Waals surface area contributed by atoms with Crippen molar-refractivity contribution in [1.29, 1.82) is 0 Å². The fraction of sp³-hybridized carbons (Fsp3) is 0.269. The molecule has 1 unspecified atom stereocenters. The van der Waals surface area contributed by atoms with Crippen LogP contribution in [0.4, 0.5) is 4.79 Å². The summed E-state index contributed by atoms with van der Waals surface area (Å²) in [7, 11) is 0. The normalized spacial score (nSPS) is 13.3. The van der Waals surface area contributed by atoms with E-state index in [0.717, 1.165) is 5.56 Å². The van der Waals surface area contributed by atoms with Crippen LogP contribution in [0.15, 0.2) is 78.9 Å². The Morgan fingerprint density at radius 2 is 1.52 bits per heavy atom. The number of fused-ring (bicyclic) bond motifs is 3. The second-order valence-corrected chi connectivity index (χ2v) is 7.68. The first-order valence-electron chi connectivity index (χ1n) is 10.6. The lowest BCUT2D eigenvalue weighted by molar-refractivity contribution is 0.0959. The predicted octanol–water partition coefficient (Wildman–Crippen LogP) is 4.49. The second kappa shape index (κ2) is 10.2. The van der Waals surface area contributed by atoms with Gasteiger partial charge in [0.25, 0.3) is 0 Å². The summed E-state index contributed by atoms with van der Waals surface area (Å²) < 4.78 is 11.2. The van der Waals surface area contributed by atoms with Crippen LogP contribution in [0, 0.1) is 0 Å². The number of nitrogens with one attached hydrogen (secondary N) is 1. The maximum Gasteiger partial charge on any atom is 0.407 e. The van der Waals surface area contributed by atoms with E-state index >= 15 is 0 Å². The van der Waals surface area contributed by atoms with Crippen molar-refractivity contribution in [2.75, 3.05) is 19.8 Å². The molecule has 0 aliphatic heterocycles. The Morgan fingerprint density at radius 1 is 0.903 bits per heavy atom. The van der Waals surface area contributed by atoms with Crippen LogP contribution >= 0.6 is 0 Å². The van der Waals surface area contributed by atoms with Crippen LogP contribution in [-0.2, 0) is 16.1 Å². The largest absolute Gasteiger partial charge is 0.449 e. The summed E-state index contributed by atoms with van der Waals surface area (Å²) in [6.07, 6.45) is -0.0166. The maximum atomic E-state index is 12.4. The molecular formula is C26H27NO4. The zero-order chi connectivity index (χ0) is 21.5. The standard InChI is InChI=1S/C26H27NO4/c28-16-20(14-15-30-17-19-8-2-1-3-9-19)27-26(29)31-18-25-23-12-6-4-10-21(23)22-11-5-7-13-24(22)25/h1-13,20,25,28H,14-18H2,(H,27,29). The molecular weight excluding hydrogens is 390 g/mol. The third-order valence-electron chi connectivity index (χ3n) is 5.61. The Balaban J connectivity index is 1.26. The molecule has 4 rings (SSSR count).